The molecule has 1 unspecified atom stereocenters. The summed E-state index contributed by atoms with van der Waals surface area (Å²) in [5, 5.41) is 9.02. The van der Waals surface area contributed by atoms with Gasteiger partial charge in [-0.1, -0.05) is 12.1 Å². The predicted octanol–water partition coefficient (Wildman–Crippen LogP) is 1.16. The first-order valence-electron chi connectivity index (χ1n) is 3.99. The van der Waals surface area contributed by atoms with E-state index in [0.717, 1.165) is 5.56 Å². The number of hydrogen-bond acceptors (Lipinski definition) is 4. The molecular weight excluding hydrogens is 297 g/mol. The summed E-state index contributed by atoms with van der Waals surface area (Å²) < 4.78 is 4.46. The Kier molecular flexibility index (Phi) is 4.15. The first-order valence-corrected chi connectivity index (χ1v) is 4.87. The number of phenolic OH excluding ortho intramolecular Hbond substituents is 1. The summed E-state index contributed by atoms with van der Waals surface area (Å²) in [5.74, 6) is -0.252. The van der Waals surface area contributed by atoms with Gasteiger partial charge in [0, 0.05) is 0 Å². The molecule has 0 aliphatic rings. The summed E-state index contributed by atoms with van der Waals surface area (Å²) in [6.45, 7) is 0. The molecule has 0 heterocycles. The van der Waals surface area contributed by atoms with E-state index < -0.39 is 12.0 Å². The van der Waals surface area contributed by atoms with Crippen molar-refractivity contribution in [2.75, 3.05) is 0 Å². The van der Waals surface area contributed by atoms with E-state index in [-0.39, 0.29) is 5.75 Å². The summed E-state index contributed by atoms with van der Waals surface area (Å²) in [6, 6.07) is 5.89. The molecule has 0 bridgehead atoms. The summed E-state index contributed by atoms with van der Waals surface area (Å²) >= 11 is 1.51. The van der Waals surface area contributed by atoms with Crippen LogP contribution in [0, 0.1) is 0 Å². The van der Waals surface area contributed by atoms with E-state index in [1.807, 2.05) is 0 Å². The largest absolute Gasteiger partial charge is 0.508 e. The number of hydrogen-bond donors (Lipinski definition) is 2. The van der Waals surface area contributed by atoms with E-state index >= 15 is 0 Å². The Morgan fingerprint density at radius 3 is 2.57 bits per heavy atom. The van der Waals surface area contributed by atoms with E-state index in [1.54, 1.807) is 24.3 Å². The van der Waals surface area contributed by atoms with Crippen molar-refractivity contribution in [3.8, 4) is 5.75 Å². The fourth-order valence-electron chi connectivity index (χ4n) is 1.03. The number of halogens is 1. The van der Waals surface area contributed by atoms with Crippen LogP contribution in [0.5, 0.6) is 5.75 Å². The highest BCUT2D eigenvalue weighted by Gasteiger charge is 2.14. The first kappa shape index (κ1) is 11.3. The first-order chi connectivity index (χ1) is 6.63. The second-order valence-electron chi connectivity index (χ2n) is 2.87. The van der Waals surface area contributed by atoms with Crippen molar-refractivity contribution < 1.29 is 13.0 Å². The second-order valence-corrected chi connectivity index (χ2v) is 3.31. The molecule has 76 valence electrons. The molecule has 1 aromatic rings. The van der Waals surface area contributed by atoms with Gasteiger partial charge in [0.25, 0.3) is 0 Å². The molecule has 1 rings (SSSR count). The molecule has 14 heavy (non-hydrogen) atoms. The van der Waals surface area contributed by atoms with E-state index in [2.05, 4.69) is 3.07 Å². The van der Waals surface area contributed by atoms with E-state index in [1.165, 1.54) is 23.0 Å². The van der Waals surface area contributed by atoms with Crippen molar-refractivity contribution in [3.05, 3.63) is 29.8 Å². The van der Waals surface area contributed by atoms with Crippen molar-refractivity contribution in [2.24, 2.45) is 5.73 Å². The second kappa shape index (κ2) is 5.16. The summed E-state index contributed by atoms with van der Waals surface area (Å²) in [5.41, 5.74) is 6.44. The zero-order valence-electron chi connectivity index (χ0n) is 7.31. The van der Waals surface area contributed by atoms with Crippen molar-refractivity contribution >= 4 is 29.0 Å². The van der Waals surface area contributed by atoms with Crippen LogP contribution in [0.3, 0.4) is 0 Å². The zero-order chi connectivity index (χ0) is 10.6. The van der Waals surface area contributed by atoms with Gasteiger partial charge in [-0.05, 0) is 24.1 Å². The molecule has 0 saturated heterocycles. The number of benzene rings is 1. The minimum Gasteiger partial charge on any atom is -0.508 e. The third-order valence-corrected chi connectivity index (χ3v) is 2.20. The van der Waals surface area contributed by atoms with Gasteiger partial charge < -0.3 is 13.9 Å². The van der Waals surface area contributed by atoms with Gasteiger partial charge in [0.05, 0.1) is 0 Å². The van der Waals surface area contributed by atoms with E-state index in [0.29, 0.717) is 6.42 Å². The third-order valence-electron chi connectivity index (χ3n) is 1.77. The summed E-state index contributed by atoms with van der Waals surface area (Å²) in [4.78, 5) is 11.0. The van der Waals surface area contributed by atoms with Crippen molar-refractivity contribution in [1.29, 1.82) is 0 Å². The number of phenols is 1. The van der Waals surface area contributed by atoms with E-state index in [9.17, 15) is 4.79 Å². The predicted molar refractivity (Wildman–Crippen MR) is 59.9 cm³/mol. The molecule has 3 N–H and O–H groups in total. The van der Waals surface area contributed by atoms with Gasteiger partial charge in [-0.25, -0.2) is 4.79 Å². The number of carbonyl (C=O) groups excluding carboxylic acids is 1. The van der Waals surface area contributed by atoms with Gasteiger partial charge >= 0.3 is 5.97 Å². The van der Waals surface area contributed by atoms with E-state index in [4.69, 9.17) is 10.8 Å². The van der Waals surface area contributed by atoms with Gasteiger partial charge in [0.15, 0.2) is 23.0 Å². The number of aromatic hydroxyl groups is 1. The Labute approximate surface area is 95.7 Å². The Balaban J connectivity index is 2.60. The molecule has 1 atom stereocenters. The number of carbonyl (C=O) groups is 1. The minimum absolute atomic E-state index is 0.193. The quantitative estimate of drug-likeness (QED) is 0.822. The van der Waals surface area contributed by atoms with Crippen LogP contribution in [0.1, 0.15) is 5.56 Å². The topological polar surface area (TPSA) is 72.5 Å². The SMILES string of the molecule is NC(Cc1ccc(O)cc1)C(=O)OI. The lowest BCUT2D eigenvalue weighted by atomic mass is 10.1. The van der Waals surface area contributed by atoms with Crippen LogP contribution in [0.25, 0.3) is 0 Å². The van der Waals surface area contributed by atoms with Crippen LogP contribution >= 0.6 is 23.0 Å². The molecule has 0 saturated carbocycles. The Bertz CT molecular complexity index is 312. The lowest BCUT2D eigenvalue weighted by molar-refractivity contribution is -0.132. The molecule has 5 heteroatoms. The fourth-order valence-corrected chi connectivity index (χ4v) is 1.35. The Hall–Kier alpha value is -0.820. The summed E-state index contributed by atoms with van der Waals surface area (Å²) in [6.07, 6.45) is 0.405. The molecule has 0 aliphatic carbocycles. The smallest absolute Gasteiger partial charge is 0.332 e. The van der Waals surface area contributed by atoms with Crippen molar-refractivity contribution in [2.45, 2.75) is 12.5 Å². The molecule has 0 radical (unpaired) electrons. The van der Waals surface area contributed by atoms with Gasteiger partial charge in [0.1, 0.15) is 11.8 Å². The molecular formula is C9H10INO3. The summed E-state index contributed by atoms with van der Waals surface area (Å²) in [7, 11) is 0. The minimum atomic E-state index is -0.656. The van der Waals surface area contributed by atoms with Gasteiger partial charge in [-0.2, -0.15) is 0 Å². The van der Waals surface area contributed by atoms with Gasteiger partial charge in [0.2, 0.25) is 0 Å². The molecule has 0 amide bonds. The third kappa shape index (κ3) is 3.15. The van der Waals surface area contributed by atoms with Crippen LogP contribution < -0.4 is 5.73 Å². The molecule has 0 fully saturated rings. The monoisotopic (exact) mass is 307 g/mol. The average Bonchev–Trinajstić information content (AvgIpc) is 2.20. The Morgan fingerprint density at radius 2 is 2.07 bits per heavy atom. The van der Waals surface area contributed by atoms with Crippen molar-refractivity contribution in [1.82, 2.24) is 0 Å². The van der Waals surface area contributed by atoms with Crippen molar-refractivity contribution in [3.63, 3.8) is 0 Å². The zero-order valence-corrected chi connectivity index (χ0v) is 9.47. The van der Waals surface area contributed by atoms with Gasteiger partial charge in [-0.3, -0.25) is 0 Å². The molecule has 0 aromatic heterocycles. The molecule has 1 aromatic carbocycles. The number of rotatable bonds is 3. The molecule has 0 spiro atoms. The Morgan fingerprint density at radius 1 is 1.50 bits per heavy atom. The number of nitrogens with two attached hydrogens (primary N) is 1. The standard InChI is InChI=1S/C9H10INO3/c10-14-9(13)8(11)5-6-1-3-7(12)4-2-6/h1-4,8,12H,5,11H2. The highest BCUT2D eigenvalue weighted by molar-refractivity contribution is 14.1. The lowest BCUT2D eigenvalue weighted by Crippen LogP contribution is -2.32. The normalized spacial score (nSPS) is 12.1. The fraction of sp³-hybridized carbons (Fsp3) is 0.222. The van der Waals surface area contributed by atoms with Crippen LogP contribution in [-0.2, 0) is 14.3 Å². The van der Waals surface area contributed by atoms with Crippen LogP contribution in [0.2, 0.25) is 0 Å². The molecule has 0 aliphatic heterocycles. The molecule has 4 nitrogen and oxygen atoms in total. The average molecular weight is 307 g/mol. The highest BCUT2D eigenvalue weighted by atomic mass is 127. The van der Waals surface area contributed by atoms with Crippen LogP contribution in [0.4, 0.5) is 0 Å². The van der Waals surface area contributed by atoms with Crippen LogP contribution in [-0.4, -0.2) is 17.1 Å². The van der Waals surface area contributed by atoms with Crippen LogP contribution in [0.15, 0.2) is 24.3 Å². The highest BCUT2D eigenvalue weighted by Crippen LogP contribution is 2.11. The maximum Gasteiger partial charge on any atom is 0.332 e. The lowest BCUT2D eigenvalue weighted by Gasteiger charge is -2.07. The maximum atomic E-state index is 11.0. The van der Waals surface area contributed by atoms with Gasteiger partial charge in [-0.15, -0.1) is 0 Å². The maximum absolute atomic E-state index is 11.0.